The van der Waals surface area contributed by atoms with Crippen LogP contribution in [0.3, 0.4) is 0 Å². The predicted octanol–water partition coefficient (Wildman–Crippen LogP) is 3.35. The number of rotatable bonds is 3. The molecule has 22 heavy (non-hydrogen) atoms. The van der Waals surface area contributed by atoms with E-state index in [4.69, 9.17) is 4.74 Å². The summed E-state index contributed by atoms with van der Waals surface area (Å²) in [6.45, 7) is 0. The van der Waals surface area contributed by atoms with Gasteiger partial charge in [-0.25, -0.2) is 4.98 Å². The molecule has 0 bridgehead atoms. The number of halogens is 3. The molecule has 0 N–H and O–H groups in total. The second-order valence-electron chi connectivity index (χ2n) is 4.70. The minimum atomic E-state index is -4.40. The number of hydrogen-bond acceptors (Lipinski definition) is 3. The van der Waals surface area contributed by atoms with Crippen molar-refractivity contribution in [1.29, 1.82) is 0 Å². The van der Waals surface area contributed by atoms with Gasteiger partial charge >= 0.3 is 6.18 Å². The van der Waals surface area contributed by atoms with Gasteiger partial charge in [0.1, 0.15) is 0 Å². The molecule has 0 amide bonds. The van der Waals surface area contributed by atoms with Crippen LogP contribution in [-0.2, 0) is 12.6 Å². The molecule has 3 aromatic rings. The first-order valence-electron chi connectivity index (χ1n) is 6.53. The van der Waals surface area contributed by atoms with E-state index < -0.39 is 11.7 Å². The number of pyridine rings is 1. The molecular formula is C15H12F3N3O. The van der Waals surface area contributed by atoms with Crippen molar-refractivity contribution in [2.45, 2.75) is 12.6 Å². The third-order valence-corrected chi connectivity index (χ3v) is 3.25. The van der Waals surface area contributed by atoms with Crippen LogP contribution in [0.5, 0.6) is 5.88 Å². The second-order valence-corrected chi connectivity index (χ2v) is 4.70. The molecule has 0 radical (unpaired) electrons. The summed E-state index contributed by atoms with van der Waals surface area (Å²) in [7, 11) is 1.50. The lowest BCUT2D eigenvalue weighted by molar-refractivity contribution is -0.138. The quantitative estimate of drug-likeness (QED) is 0.745. The number of nitrogens with zero attached hydrogens (tertiary/aromatic N) is 3. The number of hydrogen-bond donors (Lipinski definition) is 0. The summed E-state index contributed by atoms with van der Waals surface area (Å²) < 4.78 is 45.6. The highest BCUT2D eigenvalue weighted by atomic mass is 19.4. The molecule has 2 aromatic heterocycles. The van der Waals surface area contributed by atoms with Crippen molar-refractivity contribution in [1.82, 2.24) is 14.6 Å². The van der Waals surface area contributed by atoms with Crippen LogP contribution in [0.25, 0.3) is 5.65 Å². The SMILES string of the molecule is COc1cccc2nc(Cc3ccccc3C(F)(F)F)nn12. The Morgan fingerprint density at radius 3 is 2.59 bits per heavy atom. The van der Waals surface area contributed by atoms with Gasteiger partial charge in [0.15, 0.2) is 11.5 Å². The fourth-order valence-electron chi connectivity index (χ4n) is 2.28. The molecule has 0 aliphatic heterocycles. The van der Waals surface area contributed by atoms with Gasteiger partial charge < -0.3 is 4.74 Å². The third kappa shape index (κ3) is 2.61. The Hall–Kier alpha value is -2.57. The zero-order valence-electron chi connectivity index (χ0n) is 11.6. The van der Waals surface area contributed by atoms with Crippen molar-refractivity contribution in [2.24, 2.45) is 0 Å². The normalized spacial score (nSPS) is 11.8. The van der Waals surface area contributed by atoms with Gasteiger partial charge in [-0.1, -0.05) is 24.3 Å². The highest BCUT2D eigenvalue weighted by molar-refractivity contribution is 5.42. The molecule has 2 heterocycles. The van der Waals surface area contributed by atoms with Gasteiger partial charge in [-0.05, 0) is 17.7 Å². The molecule has 0 aliphatic rings. The van der Waals surface area contributed by atoms with Gasteiger partial charge in [0.05, 0.1) is 12.7 Å². The summed E-state index contributed by atoms with van der Waals surface area (Å²) in [5.74, 6) is 0.779. The monoisotopic (exact) mass is 307 g/mol. The van der Waals surface area contributed by atoms with Crippen molar-refractivity contribution >= 4 is 5.65 Å². The van der Waals surface area contributed by atoms with Crippen molar-refractivity contribution in [3.05, 3.63) is 59.4 Å². The number of aromatic nitrogens is 3. The Morgan fingerprint density at radius 1 is 1.09 bits per heavy atom. The number of alkyl halides is 3. The smallest absolute Gasteiger partial charge is 0.416 e. The summed E-state index contributed by atoms with van der Waals surface area (Å²) in [6.07, 6.45) is -4.39. The lowest BCUT2D eigenvalue weighted by Gasteiger charge is -2.11. The third-order valence-electron chi connectivity index (χ3n) is 3.25. The Bertz CT molecular complexity index is 811. The van der Waals surface area contributed by atoms with Gasteiger partial charge in [0.25, 0.3) is 0 Å². The van der Waals surface area contributed by atoms with E-state index in [0.29, 0.717) is 17.4 Å². The fourth-order valence-corrected chi connectivity index (χ4v) is 2.28. The number of ether oxygens (including phenoxy) is 1. The minimum absolute atomic E-state index is 0.000514. The molecule has 0 fully saturated rings. The molecule has 1 aromatic carbocycles. The van der Waals surface area contributed by atoms with Gasteiger partial charge in [0, 0.05) is 12.5 Å². The van der Waals surface area contributed by atoms with Gasteiger partial charge in [-0.15, -0.1) is 5.10 Å². The average molecular weight is 307 g/mol. The Morgan fingerprint density at radius 2 is 1.86 bits per heavy atom. The first kappa shape index (κ1) is 14.4. The Kier molecular flexibility index (Phi) is 3.48. The van der Waals surface area contributed by atoms with Crippen LogP contribution in [0.1, 0.15) is 17.0 Å². The van der Waals surface area contributed by atoms with Gasteiger partial charge in [-0.3, -0.25) is 0 Å². The summed E-state index contributed by atoms with van der Waals surface area (Å²) in [5, 5.41) is 4.22. The maximum atomic E-state index is 13.0. The molecule has 0 aliphatic carbocycles. The minimum Gasteiger partial charge on any atom is -0.481 e. The van der Waals surface area contributed by atoms with Crippen molar-refractivity contribution in [3.8, 4) is 5.88 Å². The highest BCUT2D eigenvalue weighted by Crippen LogP contribution is 2.32. The summed E-state index contributed by atoms with van der Waals surface area (Å²) in [4.78, 5) is 4.24. The maximum Gasteiger partial charge on any atom is 0.416 e. The van der Waals surface area contributed by atoms with E-state index in [1.54, 1.807) is 24.3 Å². The fraction of sp³-hybridized carbons (Fsp3) is 0.200. The molecule has 0 unspecified atom stereocenters. The average Bonchev–Trinajstić information content (AvgIpc) is 2.88. The Labute approximate surface area is 124 Å². The maximum absolute atomic E-state index is 13.0. The van der Waals surface area contributed by atoms with Crippen LogP contribution in [0.4, 0.5) is 13.2 Å². The molecule has 0 saturated carbocycles. The van der Waals surface area contributed by atoms with Crippen LogP contribution in [0.15, 0.2) is 42.5 Å². The predicted molar refractivity (Wildman–Crippen MR) is 73.8 cm³/mol. The number of methoxy groups -OCH3 is 1. The lowest BCUT2D eigenvalue weighted by Crippen LogP contribution is -2.09. The van der Waals surface area contributed by atoms with E-state index in [-0.39, 0.29) is 12.0 Å². The zero-order chi connectivity index (χ0) is 15.7. The molecule has 7 heteroatoms. The summed E-state index contributed by atoms with van der Waals surface area (Å²) in [5.41, 5.74) is 0.00420. The summed E-state index contributed by atoms with van der Waals surface area (Å²) >= 11 is 0. The van der Waals surface area contributed by atoms with Crippen LogP contribution < -0.4 is 4.74 Å². The van der Waals surface area contributed by atoms with E-state index in [2.05, 4.69) is 10.1 Å². The van der Waals surface area contributed by atoms with Gasteiger partial charge in [-0.2, -0.15) is 17.7 Å². The van der Waals surface area contributed by atoms with Crippen molar-refractivity contribution in [3.63, 3.8) is 0 Å². The van der Waals surface area contributed by atoms with E-state index in [0.717, 1.165) is 6.07 Å². The number of benzene rings is 1. The van der Waals surface area contributed by atoms with Crippen molar-refractivity contribution in [2.75, 3.05) is 7.11 Å². The largest absolute Gasteiger partial charge is 0.481 e. The molecule has 114 valence electrons. The standard InChI is InChI=1S/C15H12F3N3O/c1-22-14-8-4-7-13-19-12(20-21(13)14)9-10-5-2-3-6-11(10)15(16,17)18/h2-8H,9H2,1H3. The molecule has 0 spiro atoms. The van der Waals surface area contributed by atoms with E-state index in [9.17, 15) is 13.2 Å². The molecule has 3 rings (SSSR count). The van der Waals surface area contributed by atoms with Crippen LogP contribution in [-0.4, -0.2) is 21.7 Å². The van der Waals surface area contributed by atoms with Crippen LogP contribution in [0.2, 0.25) is 0 Å². The zero-order valence-corrected chi connectivity index (χ0v) is 11.6. The van der Waals surface area contributed by atoms with E-state index in [1.165, 1.54) is 23.8 Å². The molecule has 4 nitrogen and oxygen atoms in total. The first-order valence-corrected chi connectivity index (χ1v) is 6.53. The number of fused-ring (bicyclic) bond motifs is 1. The molecule has 0 saturated heterocycles. The van der Waals surface area contributed by atoms with Gasteiger partial charge in [0.2, 0.25) is 5.88 Å². The van der Waals surface area contributed by atoms with Crippen molar-refractivity contribution < 1.29 is 17.9 Å². The summed E-state index contributed by atoms with van der Waals surface area (Å²) in [6, 6.07) is 10.6. The first-order chi connectivity index (χ1) is 10.5. The topological polar surface area (TPSA) is 39.4 Å². The molecular weight excluding hydrogens is 295 g/mol. The second kappa shape index (κ2) is 5.32. The van der Waals surface area contributed by atoms with Crippen LogP contribution in [0, 0.1) is 0 Å². The van der Waals surface area contributed by atoms with E-state index in [1.807, 2.05) is 0 Å². The Balaban J connectivity index is 2.01. The van der Waals surface area contributed by atoms with Crippen LogP contribution >= 0.6 is 0 Å². The molecule has 0 atom stereocenters. The highest BCUT2D eigenvalue weighted by Gasteiger charge is 2.33. The van der Waals surface area contributed by atoms with E-state index >= 15 is 0 Å². The lowest BCUT2D eigenvalue weighted by atomic mass is 10.0.